The molecule has 2 aromatic rings. The molecule has 0 radical (unpaired) electrons. The first-order valence-electron chi connectivity index (χ1n) is 10.6. The maximum Gasteiger partial charge on any atom is 0.387 e. The number of β-amino-alcohol motifs (C(OH)–C–C–N with tert-alkyl or cyclic N) is 1. The smallest absolute Gasteiger partial charge is 0.387 e. The molecular formula is C23H25ClF2N2O4. The molecule has 0 aromatic heterocycles. The summed E-state index contributed by atoms with van der Waals surface area (Å²) in [5.41, 5.74) is 1.50. The van der Waals surface area contributed by atoms with E-state index in [0.29, 0.717) is 35.8 Å². The van der Waals surface area contributed by atoms with E-state index in [1.54, 1.807) is 36.4 Å². The van der Waals surface area contributed by atoms with Gasteiger partial charge < -0.3 is 24.4 Å². The van der Waals surface area contributed by atoms with E-state index in [2.05, 4.69) is 4.74 Å². The summed E-state index contributed by atoms with van der Waals surface area (Å²) in [6, 6.07) is 11.8. The number of carbonyl (C=O) groups is 1. The topological polar surface area (TPSA) is 62.2 Å². The highest BCUT2D eigenvalue weighted by molar-refractivity contribution is 6.30. The van der Waals surface area contributed by atoms with Crippen molar-refractivity contribution in [3.8, 4) is 11.5 Å². The molecule has 1 N–H and O–H groups in total. The lowest BCUT2D eigenvalue weighted by Gasteiger charge is -2.34. The van der Waals surface area contributed by atoms with Crippen LogP contribution in [0.25, 0.3) is 0 Å². The quantitative estimate of drug-likeness (QED) is 0.635. The Kier molecular flexibility index (Phi) is 7.01. The molecule has 1 fully saturated rings. The van der Waals surface area contributed by atoms with Crippen LogP contribution in [0.4, 0.5) is 14.5 Å². The molecule has 0 bridgehead atoms. The predicted octanol–water partition coefficient (Wildman–Crippen LogP) is 4.08. The van der Waals surface area contributed by atoms with Crippen molar-refractivity contribution in [2.24, 2.45) is 0 Å². The second kappa shape index (κ2) is 9.92. The Morgan fingerprint density at radius 2 is 1.84 bits per heavy atom. The number of hydrogen-bond donors (Lipinski definition) is 1. The molecule has 2 aromatic carbocycles. The molecule has 2 aliphatic rings. The van der Waals surface area contributed by atoms with Gasteiger partial charge in [-0.15, -0.1) is 0 Å². The normalized spacial score (nSPS) is 17.6. The molecule has 1 aliphatic carbocycles. The number of ether oxygens (including phenoxy) is 2. The number of rotatable bonds is 8. The number of anilines is 1. The molecule has 0 spiro atoms. The van der Waals surface area contributed by atoms with Crippen LogP contribution >= 0.6 is 11.6 Å². The summed E-state index contributed by atoms with van der Waals surface area (Å²) < 4.78 is 35.6. The third kappa shape index (κ3) is 5.81. The van der Waals surface area contributed by atoms with Crippen LogP contribution in [-0.4, -0.2) is 54.4 Å². The highest BCUT2D eigenvalue weighted by Gasteiger charge is 2.34. The van der Waals surface area contributed by atoms with Crippen molar-refractivity contribution < 1.29 is 28.2 Å². The Balaban J connectivity index is 1.50. The second-order valence-electron chi connectivity index (χ2n) is 8.04. The van der Waals surface area contributed by atoms with Gasteiger partial charge in [-0.05, 0) is 60.9 Å². The fraction of sp³-hybridized carbons (Fsp3) is 0.435. The van der Waals surface area contributed by atoms with Gasteiger partial charge >= 0.3 is 6.61 Å². The number of carbonyl (C=O) groups excluding carboxylic acids is 1. The van der Waals surface area contributed by atoms with Crippen LogP contribution in [0.5, 0.6) is 11.5 Å². The van der Waals surface area contributed by atoms with Crippen molar-refractivity contribution in [2.45, 2.75) is 44.6 Å². The zero-order chi connectivity index (χ0) is 22.7. The van der Waals surface area contributed by atoms with Gasteiger partial charge in [0, 0.05) is 42.8 Å². The lowest BCUT2D eigenvalue weighted by Crippen LogP contribution is -2.42. The minimum absolute atomic E-state index is 0.0234. The molecule has 0 saturated heterocycles. The van der Waals surface area contributed by atoms with Crippen LogP contribution in [0, 0.1) is 0 Å². The van der Waals surface area contributed by atoms with E-state index in [-0.39, 0.29) is 30.9 Å². The van der Waals surface area contributed by atoms with Crippen molar-refractivity contribution in [3.63, 3.8) is 0 Å². The van der Waals surface area contributed by atoms with Crippen molar-refractivity contribution in [1.82, 2.24) is 4.90 Å². The second-order valence-corrected chi connectivity index (χ2v) is 8.47. The Labute approximate surface area is 190 Å². The van der Waals surface area contributed by atoms with Crippen LogP contribution in [-0.2, 0) is 11.3 Å². The van der Waals surface area contributed by atoms with Gasteiger partial charge in [0.15, 0.2) is 0 Å². The van der Waals surface area contributed by atoms with Crippen molar-refractivity contribution in [2.75, 3.05) is 24.6 Å². The Hall–Kier alpha value is -2.58. The van der Waals surface area contributed by atoms with Crippen LogP contribution < -0.4 is 14.4 Å². The summed E-state index contributed by atoms with van der Waals surface area (Å²) in [5.74, 6) is 0.662. The Morgan fingerprint density at radius 1 is 1.12 bits per heavy atom. The van der Waals surface area contributed by atoms with Gasteiger partial charge in [0.25, 0.3) is 0 Å². The summed E-state index contributed by atoms with van der Waals surface area (Å²) in [6.45, 7) is -1.91. The Bertz CT molecular complexity index is 940. The van der Waals surface area contributed by atoms with E-state index in [1.165, 1.54) is 6.07 Å². The first-order chi connectivity index (χ1) is 15.4. The van der Waals surface area contributed by atoms with Gasteiger partial charge in [-0.1, -0.05) is 11.6 Å². The SMILES string of the molecule is O=C1CCN(C[C@H](O)COc2ccc(Cl)cc2)c2ccc(OC(F)F)cc2CN1C1CC1. The monoisotopic (exact) mass is 466 g/mol. The van der Waals surface area contributed by atoms with E-state index in [1.807, 2.05) is 9.80 Å². The third-order valence-corrected chi connectivity index (χ3v) is 5.80. The fourth-order valence-corrected chi connectivity index (χ4v) is 4.00. The molecule has 9 heteroatoms. The number of aliphatic hydroxyl groups is 1. The van der Waals surface area contributed by atoms with Crippen molar-refractivity contribution in [1.29, 1.82) is 0 Å². The van der Waals surface area contributed by atoms with Crippen LogP contribution in [0.2, 0.25) is 5.02 Å². The zero-order valence-electron chi connectivity index (χ0n) is 17.4. The number of alkyl halides is 2. The third-order valence-electron chi connectivity index (χ3n) is 5.55. The molecule has 1 saturated carbocycles. The molecule has 1 heterocycles. The number of fused-ring (bicyclic) bond motifs is 1. The highest BCUT2D eigenvalue weighted by Crippen LogP contribution is 2.35. The minimum Gasteiger partial charge on any atom is -0.491 e. The molecule has 6 nitrogen and oxygen atoms in total. The van der Waals surface area contributed by atoms with E-state index in [9.17, 15) is 18.7 Å². The van der Waals surface area contributed by atoms with Crippen molar-refractivity contribution in [3.05, 3.63) is 53.1 Å². The number of aliphatic hydroxyl groups excluding tert-OH is 1. The van der Waals surface area contributed by atoms with Crippen LogP contribution in [0.3, 0.4) is 0 Å². The van der Waals surface area contributed by atoms with E-state index in [0.717, 1.165) is 18.5 Å². The highest BCUT2D eigenvalue weighted by atomic mass is 35.5. The van der Waals surface area contributed by atoms with Gasteiger partial charge in [-0.2, -0.15) is 8.78 Å². The molecule has 172 valence electrons. The summed E-state index contributed by atoms with van der Waals surface area (Å²) in [6.07, 6.45) is 1.40. The van der Waals surface area contributed by atoms with E-state index < -0.39 is 12.7 Å². The molecule has 32 heavy (non-hydrogen) atoms. The minimum atomic E-state index is -2.93. The van der Waals surface area contributed by atoms with E-state index >= 15 is 0 Å². The van der Waals surface area contributed by atoms with Crippen LogP contribution in [0.15, 0.2) is 42.5 Å². The molecule has 1 atom stereocenters. The number of halogens is 3. The fourth-order valence-electron chi connectivity index (χ4n) is 3.88. The summed E-state index contributed by atoms with van der Waals surface area (Å²) in [4.78, 5) is 16.5. The van der Waals surface area contributed by atoms with Gasteiger partial charge in [-0.3, -0.25) is 4.79 Å². The first kappa shape index (κ1) is 22.6. The maximum absolute atomic E-state index is 12.7. The molecule has 1 amide bonds. The van der Waals surface area contributed by atoms with Crippen molar-refractivity contribution >= 4 is 23.2 Å². The van der Waals surface area contributed by atoms with Gasteiger partial charge in [0.1, 0.15) is 24.2 Å². The van der Waals surface area contributed by atoms with Crippen LogP contribution in [0.1, 0.15) is 24.8 Å². The first-order valence-corrected chi connectivity index (χ1v) is 11.0. The Morgan fingerprint density at radius 3 is 2.53 bits per heavy atom. The molecule has 0 unspecified atom stereocenters. The predicted molar refractivity (Wildman–Crippen MR) is 116 cm³/mol. The van der Waals surface area contributed by atoms with Gasteiger partial charge in [0.2, 0.25) is 5.91 Å². The number of hydrogen-bond acceptors (Lipinski definition) is 5. The lowest BCUT2D eigenvalue weighted by molar-refractivity contribution is -0.132. The standard InChI is InChI=1S/C23H25ClF2N2O4/c24-16-1-5-19(6-2-16)31-14-18(29)13-27-10-9-22(30)28(17-3-4-17)12-15-11-20(32-23(25)26)7-8-21(15)27/h1-2,5-8,11,17-18,23,29H,3-4,9-10,12-14H2/t18-/m0/s1. The number of nitrogens with zero attached hydrogens (tertiary/aromatic N) is 2. The largest absolute Gasteiger partial charge is 0.491 e. The van der Waals surface area contributed by atoms with Gasteiger partial charge in [-0.25, -0.2) is 0 Å². The van der Waals surface area contributed by atoms with E-state index in [4.69, 9.17) is 16.3 Å². The zero-order valence-corrected chi connectivity index (χ0v) is 18.2. The average molecular weight is 467 g/mol. The number of amides is 1. The number of benzene rings is 2. The summed E-state index contributed by atoms with van der Waals surface area (Å²) in [5, 5.41) is 11.2. The summed E-state index contributed by atoms with van der Waals surface area (Å²) in [7, 11) is 0. The maximum atomic E-state index is 12.7. The molecular weight excluding hydrogens is 442 g/mol. The molecule has 4 rings (SSSR count). The molecule has 1 aliphatic heterocycles. The summed E-state index contributed by atoms with van der Waals surface area (Å²) >= 11 is 5.87. The lowest BCUT2D eigenvalue weighted by atomic mass is 10.1. The van der Waals surface area contributed by atoms with Gasteiger partial charge in [0.05, 0.1) is 0 Å². The average Bonchev–Trinajstić information content (AvgIpc) is 3.58.